The van der Waals surface area contributed by atoms with E-state index >= 15 is 0 Å². The van der Waals surface area contributed by atoms with Gasteiger partial charge in [0.15, 0.2) is 0 Å². The molecule has 1 unspecified atom stereocenters. The molecule has 1 atom stereocenters. The van der Waals surface area contributed by atoms with Gasteiger partial charge in [-0.1, -0.05) is 0 Å². The Balaban J connectivity index is 1.69. The van der Waals surface area contributed by atoms with Gasteiger partial charge in [0.25, 0.3) is 0 Å². The van der Waals surface area contributed by atoms with Crippen LogP contribution in [-0.2, 0) is 0 Å². The van der Waals surface area contributed by atoms with E-state index < -0.39 is 0 Å². The van der Waals surface area contributed by atoms with E-state index in [1.54, 1.807) is 6.26 Å². The first kappa shape index (κ1) is 11.1. The third kappa shape index (κ3) is 1.45. The summed E-state index contributed by atoms with van der Waals surface area (Å²) in [6.07, 6.45) is 10.3. The maximum absolute atomic E-state index is 6.65. The summed E-state index contributed by atoms with van der Waals surface area (Å²) < 4.78 is 5.69. The summed E-state index contributed by atoms with van der Waals surface area (Å²) in [6.45, 7) is 2.12. The Morgan fingerprint density at radius 3 is 2.17 bits per heavy atom. The number of rotatable bonds is 2. The van der Waals surface area contributed by atoms with Crippen LogP contribution in [0.3, 0.4) is 0 Å². The molecule has 1 aromatic rings. The molecule has 2 heteroatoms. The van der Waals surface area contributed by atoms with Crippen LogP contribution in [0.5, 0.6) is 0 Å². The second-order valence-electron chi connectivity index (χ2n) is 7.23. The summed E-state index contributed by atoms with van der Waals surface area (Å²) in [5, 5.41) is 0. The average Bonchev–Trinajstić information content (AvgIpc) is 2.72. The lowest BCUT2D eigenvalue weighted by Gasteiger charge is -2.58. The van der Waals surface area contributed by atoms with E-state index in [0.717, 1.165) is 23.5 Å². The van der Waals surface area contributed by atoms with Crippen molar-refractivity contribution in [1.82, 2.24) is 0 Å². The van der Waals surface area contributed by atoms with Crippen LogP contribution in [0, 0.1) is 30.1 Å². The molecular weight excluding hydrogens is 222 g/mol. The quantitative estimate of drug-likeness (QED) is 0.860. The smallest absolute Gasteiger partial charge is 0.123 e. The van der Waals surface area contributed by atoms with Gasteiger partial charge in [0.2, 0.25) is 0 Å². The van der Waals surface area contributed by atoms with E-state index in [0.29, 0.717) is 5.41 Å². The van der Waals surface area contributed by atoms with Gasteiger partial charge in [-0.2, -0.15) is 0 Å². The second kappa shape index (κ2) is 3.63. The lowest BCUT2D eigenvalue weighted by Crippen LogP contribution is -2.50. The van der Waals surface area contributed by atoms with Crippen molar-refractivity contribution >= 4 is 0 Å². The van der Waals surface area contributed by atoms with Gasteiger partial charge in [0, 0.05) is 0 Å². The number of furan rings is 1. The summed E-state index contributed by atoms with van der Waals surface area (Å²) in [5.41, 5.74) is 8.24. The van der Waals surface area contributed by atoms with Crippen molar-refractivity contribution < 1.29 is 4.42 Å². The molecule has 1 heterocycles. The topological polar surface area (TPSA) is 39.2 Å². The van der Waals surface area contributed by atoms with Gasteiger partial charge >= 0.3 is 0 Å². The molecule has 4 bridgehead atoms. The normalized spacial score (nSPS) is 43.3. The fourth-order valence-electron chi connectivity index (χ4n) is 5.54. The molecule has 0 aliphatic heterocycles. The zero-order chi connectivity index (χ0) is 12.3. The van der Waals surface area contributed by atoms with Crippen molar-refractivity contribution in [1.29, 1.82) is 0 Å². The van der Waals surface area contributed by atoms with E-state index in [4.69, 9.17) is 10.2 Å². The highest BCUT2D eigenvalue weighted by molar-refractivity contribution is 5.22. The SMILES string of the molecule is Cc1ccoc1C(N)C12CC3CC(CC(C3)C1)C2. The fraction of sp³-hybridized carbons (Fsp3) is 0.750. The zero-order valence-corrected chi connectivity index (χ0v) is 11.2. The summed E-state index contributed by atoms with van der Waals surface area (Å²) >= 11 is 0. The van der Waals surface area contributed by atoms with Gasteiger partial charge in [-0.05, 0) is 80.2 Å². The molecule has 18 heavy (non-hydrogen) atoms. The highest BCUT2D eigenvalue weighted by Crippen LogP contribution is 2.63. The minimum Gasteiger partial charge on any atom is -0.467 e. The molecule has 0 amide bonds. The van der Waals surface area contributed by atoms with Crippen molar-refractivity contribution in [2.24, 2.45) is 28.9 Å². The first-order chi connectivity index (χ1) is 8.66. The fourth-order valence-corrected chi connectivity index (χ4v) is 5.54. The monoisotopic (exact) mass is 245 g/mol. The lowest BCUT2D eigenvalue weighted by molar-refractivity contribution is -0.0710. The first-order valence-corrected chi connectivity index (χ1v) is 7.46. The van der Waals surface area contributed by atoms with Crippen molar-refractivity contribution in [2.75, 3.05) is 0 Å². The predicted molar refractivity (Wildman–Crippen MR) is 71.0 cm³/mol. The van der Waals surface area contributed by atoms with Gasteiger partial charge in [-0.15, -0.1) is 0 Å². The van der Waals surface area contributed by atoms with E-state index in [-0.39, 0.29) is 6.04 Å². The molecule has 0 spiro atoms. The van der Waals surface area contributed by atoms with Crippen LogP contribution in [0.4, 0.5) is 0 Å². The van der Waals surface area contributed by atoms with Crippen LogP contribution in [0.1, 0.15) is 55.9 Å². The molecule has 4 aliphatic rings. The number of hydrogen-bond acceptors (Lipinski definition) is 2. The highest BCUT2D eigenvalue weighted by Gasteiger charge is 2.54. The Morgan fingerprint density at radius 2 is 1.72 bits per heavy atom. The van der Waals surface area contributed by atoms with Crippen molar-refractivity contribution in [2.45, 2.75) is 51.5 Å². The van der Waals surface area contributed by atoms with Crippen LogP contribution in [0.2, 0.25) is 0 Å². The largest absolute Gasteiger partial charge is 0.467 e. The van der Waals surface area contributed by atoms with E-state index in [1.807, 2.05) is 0 Å². The van der Waals surface area contributed by atoms with Crippen molar-refractivity contribution in [3.63, 3.8) is 0 Å². The van der Waals surface area contributed by atoms with E-state index in [1.165, 1.54) is 44.1 Å². The van der Waals surface area contributed by atoms with Crippen LogP contribution in [0.15, 0.2) is 16.7 Å². The van der Waals surface area contributed by atoms with Crippen LogP contribution in [-0.4, -0.2) is 0 Å². The maximum atomic E-state index is 6.65. The number of aryl methyl sites for hydroxylation is 1. The summed E-state index contributed by atoms with van der Waals surface area (Å²) in [7, 11) is 0. The molecule has 2 N–H and O–H groups in total. The Morgan fingerprint density at radius 1 is 1.17 bits per heavy atom. The van der Waals surface area contributed by atoms with Gasteiger partial charge in [0.1, 0.15) is 5.76 Å². The molecule has 2 nitrogen and oxygen atoms in total. The molecule has 4 fully saturated rings. The summed E-state index contributed by atoms with van der Waals surface area (Å²) in [5.74, 6) is 3.92. The van der Waals surface area contributed by atoms with E-state index in [2.05, 4.69) is 13.0 Å². The van der Waals surface area contributed by atoms with Gasteiger partial charge < -0.3 is 10.2 Å². The molecule has 0 radical (unpaired) electrons. The molecule has 4 saturated carbocycles. The third-order valence-electron chi connectivity index (χ3n) is 5.93. The molecule has 0 aromatic carbocycles. The molecular formula is C16H23NO. The van der Waals surface area contributed by atoms with Crippen LogP contribution in [0.25, 0.3) is 0 Å². The number of nitrogens with two attached hydrogens (primary N) is 1. The van der Waals surface area contributed by atoms with Crippen molar-refractivity contribution in [3.05, 3.63) is 23.7 Å². The third-order valence-corrected chi connectivity index (χ3v) is 5.93. The van der Waals surface area contributed by atoms with E-state index in [9.17, 15) is 0 Å². The number of hydrogen-bond donors (Lipinski definition) is 1. The van der Waals surface area contributed by atoms with Gasteiger partial charge in [-0.3, -0.25) is 0 Å². The molecule has 4 aliphatic carbocycles. The average molecular weight is 245 g/mol. The summed E-state index contributed by atoms with van der Waals surface area (Å²) in [6, 6.07) is 2.18. The molecule has 98 valence electrons. The Bertz CT molecular complexity index is 426. The van der Waals surface area contributed by atoms with Gasteiger partial charge in [-0.25, -0.2) is 0 Å². The van der Waals surface area contributed by atoms with Crippen molar-refractivity contribution in [3.8, 4) is 0 Å². The molecule has 1 aromatic heterocycles. The Kier molecular flexibility index (Phi) is 2.24. The second-order valence-corrected chi connectivity index (χ2v) is 7.23. The highest BCUT2D eigenvalue weighted by atomic mass is 16.3. The Hall–Kier alpha value is -0.760. The summed E-state index contributed by atoms with van der Waals surface area (Å²) in [4.78, 5) is 0. The predicted octanol–water partition coefficient (Wildman–Crippen LogP) is 3.80. The maximum Gasteiger partial charge on any atom is 0.123 e. The Labute approximate surface area is 109 Å². The standard InChI is InChI=1S/C16H23NO/c1-10-2-3-18-14(10)15(17)16-7-11-4-12(8-16)6-13(5-11)9-16/h2-3,11-13,15H,4-9,17H2,1H3. The molecule has 0 saturated heterocycles. The minimum atomic E-state index is 0.126. The molecule has 5 rings (SSSR count). The van der Waals surface area contributed by atoms with Gasteiger partial charge in [0.05, 0.1) is 12.3 Å². The lowest BCUT2D eigenvalue weighted by atomic mass is 9.47. The van der Waals surface area contributed by atoms with Crippen LogP contribution >= 0.6 is 0 Å². The zero-order valence-electron chi connectivity index (χ0n) is 11.2. The van der Waals surface area contributed by atoms with Crippen LogP contribution < -0.4 is 5.73 Å². The first-order valence-electron chi connectivity index (χ1n) is 7.46. The minimum absolute atomic E-state index is 0.126.